The number of halogens is 1. The van der Waals surface area contributed by atoms with Gasteiger partial charge in [0.05, 0.1) is 17.1 Å². The van der Waals surface area contributed by atoms with Gasteiger partial charge >= 0.3 is 0 Å². The molecule has 0 bridgehead atoms. The van der Waals surface area contributed by atoms with E-state index in [4.69, 9.17) is 27.6 Å². The average Bonchev–Trinajstić information content (AvgIpc) is 3.30. The third-order valence-corrected chi connectivity index (χ3v) is 6.46. The van der Waals surface area contributed by atoms with Crippen LogP contribution in [0.5, 0.6) is 0 Å². The molecule has 4 rings (SSSR count). The lowest BCUT2D eigenvalue weighted by atomic mass is 9.63. The molecule has 1 aliphatic rings. The van der Waals surface area contributed by atoms with E-state index < -0.39 is 5.91 Å². The van der Waals surface area contributed by atoms with Crippen LogP contribution < -0.4 is 16.8 Å². The number of hydrogen-bond donors (Lipinski definition) is 3. The second kappa shape index (κ2) is 8.79. The molecule has 1 aromatic carbocycles. The van der Waals surface area contributed by atoms with Crippen LogP contribution in [-0.2, 0) is 11.2 Å². The highest BCUT2D eigenvalue weighted by Crippen LogP contribution is 2.50. The van der Waals surface area contributed by atoms with E-state index in [2.05, 4.69) is 29.4 Å². The van der Waals surface area contributed by atoms with Crippen LogP contribution >= 0.6 is 11.6 Å². The molecule has 0 radical (unpaired) electrons. The largest absolute Gasteiger partial charge is 0.383 e. The number of hydrogen-bond acceptors (Lipinski definition) is 6. The molecule has 0 atom stereocenters. The predicted octanol–water partition coefficient (Wildman–Crippen LogP) is 4.54. The number of anilines is 2. The fourth-order valence-corrected chi connectivity index (χ4v) is 4.82. The minimum absolute atomic E-state index is 0.0685. The van der Waals surface area contributed by atoms with Gasteiger partial charge in [0, 0.05) is 23.6 Å². The SMILES string of the molecule is CC(C)n1nc(-c2ccc(CC(=O)Nc3cc(C4CC(C)(C)C4)no3)cc2Cl)c(C(N)=O)c1N. The van der Waals surface area contributed by atoms with Crippen LogP contribution in [0.2, 0.25) is 5.02 Å². The molecule has 34 heavy (non-hydrogen) atoms. The van der Waals surface area contributed by atoms with Gasteiger partial charge in [-0.2, -0.15) is 5.10 Å². The van der Waals surface area contributed by atoms with Gasteiger partial charge in [-0.1, -0.05) is 42.7 Å². The molecule has 1 aliphatic carbocycles. The van der Waals surface area contributed by atoms with Crippen molar-refractivity contribution in [1.82, 2.24) is 14.9 Å². The summed E-state index contributed by atoms with van der Waals surface area (Å²) in [6, 6.07) is 6.83. The van der Waals surface area contributed by atoms with Crippen LogP contribution in [0.1, 0.15) is 74.1 Å². The van der Waals surface area contributed by atoms with Gasteiger partial charge in [0.1, 0.15) is 17.1 Å². The molecule has 0 spiro atoms. The molecule has 5 N–H and O–H groups in total. The fourth-order valence-electron chi connectivity index (χ4n) is 4.52. The highest BCUT2D eigenvalue weighted by molar-refractivity contribution is 6.33. The summed E-state index contributed by atoms with van der Waals surface area (Å²) in [5.41, 5.74) is 14.5. The van der Waals surface area contributed by atoms with Gasteiger partial charge in [-0.05, 0) is 43.7 Å². The van der Waals surface area contributed by atoms with Crippen molar-refractivity contribution in [3.8, 4) is 11.3 Å². The first-order valence-corrected chi connectivity index (χ1v) is 11.6. The first-order valence-electron chi connectivity index (χ1n) is 11.2. The lowest BCUT2D eigenvalue weighted by molar-refractivity contribution is -0.115. The van der Waals surface area contributed by atoms with Crippen molar-refractivity contribution >= 4 is 35.1 Å². The number of amides is 2. The number of carbonyl (C=O) groups excluding carboxylic acids is 2. The molecule has 3 aromatic rings. The van der Waals surface area contributed by atoms with Crippen LogP contribution in [0.4, 0.5) is 11.7 Å². The average molecular weight is 485 g/mol. The van der Waals surface area contributed by atoms with Crippen molar-refractivity contribution in [2.45, 2.75) is 58.9 Å². The van der Waals surface area contributed by atoms with Gasteiger partial charge in [-0.15, -0.1) is 0 Å². The van der Waals surface area contributed by atoms with Crippen molar-refractivity contribution < 1.29 is 14.1 Å². The molecule has 0 saturated heterocycles. The third kappa shape index (κ3) is 4.65. The van der Waals surface area contributed by atoms with Crippen LogP contribution in [0.3, 0.4) is 0 Å². The molecule has 2 heterocycles. The van der Waals surface area contributed by atoms with Crippen LogP contribution in [0.25, 0.3) is 11.3 Å². The van der Waals surface area contributed by atoms with E-state index in [0.29, 0.717) is 39.1 Å². The summed E-state index contributed by atoms with van der Waals surface area (Å²) >= 11 is 6.51. The number of nitrogens with one attached hydrogen (secondary N) is 1. The Morgan fingerprint density at radius 1 is 1.29 bits per heavy atom. The van der Waals surface area contributed by atoms with E-state index in [1.807, 2.05) is 13.8 Å². The van der Waals surface area contributed by atoms with Crippen LogP contribution in [0, 0.1) is 5.41 Å². The van der Waals surface area contributed by atoms with E-state index >= 15 is 0 Å². The number of aromatic nitrogens is 3. The first-order chi connectivity index (χ1) is 15.9. The Bertz CT molecular complexity index is 1250. The Labute approximate surface area is 202 Å². The van der Waals surface area contributed by atoms with E-state index in [1.165, 1.54) is 4.68 Å². The van der Waals surface area contributed by atoms with Crippen molar-refractivity contribution in [2.75, 3.05) is 11.1 Å². The first kappa shape index (κ1) is 23.8. The lowest BCUT2D eigenvalue weighted by Crippen LogP contribution is -2.29. The maximum Gasteiger partial charge on any atom is 0.254 e. The second-order valence-electron chi connectivity index (χ2n) is 9.94. The minimum Gasteiger partial charge on any atom is -0.383 e. The number of nitrogens with two attached hydrogens (primary N) is 2. The Morgan fingerprint density at radius 2 is 2.00 bits per heavy atom. The predicted molar refractivity (Wildman–Crippen MR) is 131 cm³/mol. The Hall–Kier alpha value is -3.33. The molecular weight excluding hydrogens is 456 g/mol. The highest BCUT2D eigenvalue weighted by atomic mass is 35.5. The quantitative estimate of drug-likeness (QED) is 0.449. The lowest BCUT2D eigenvalue weighted by Gasteiger charge is -2.41. The topological polar surface area (TPSA) is 142 Å². The maximum atomic E-state index is 12.5. The normalized spacial score (nSPS) is 15.4. The Morgan fingerprint density at radius 3 is 2.59 bits per heavy atom. The van der Waals surface area contributed by atoms with Crippen LogP contribution in [-0.4, -0.2) is 26.8 Å². The molecule has 9 nitrogen and oxygen atoms in total. The molecule has 1 saturated carbocycles. The molecule has 2 amide bonds. The van der Waals surface area contributed by atoms with Gasteiger partial charge in [-0.25, -0.2) is 4.68 Å². The number of nitrogen functional groups attached to an aromatic ring is 1. The standard InChI is InChI=1S/C24H29ClN6O3/c1-12(2)31-22(26)20(23(27)33)21(29-31)15-6-5-13(7-16(15)25)8-18(32)28-19-9-17(30-34-19)14-10-24(3,4)11-14/h5-7,9,12,14H,8,10-11,26H2,1-4H3,(H2,27,33)(H,28,32). The summed E-state index contributed by atoms with van der Waals surface area (Å²) in [4.78, 5) is 24.6. The van der Waals surface area contributed by atoms with E-state index in [9.17, 15) is 9.59 Å². The number of primary amides is 1. The molecular formula is C24H29ClN6O3. The molecule has 1 fully saturated rings. The Kier molecular flexibility index (Phi) is 6.16. The number of rotatable bonds is 7. The number of benzene rings is 1. The second-order valence-corrected chi connectivity index (χ2v) is 10.3. The molecule has 2 aromatic heterocycles. The van der Waals surface area contributed by atoms with Crippen LogP contribution in [0.15, 0.2) is 28.8 Å². The fraction of sp³-hybridized carbons (Fsp3) is 0.417. The summed E-state index contributed by atoms with van der Waals surface area (Å²) in [6.45, 7) is 8.24. The summed E-state index contributed by atoms with van der Waals surface area (Å²) in [5, 5.41) is 11.6. The summed E-state index contributed by atoms with van der Waals surface area (Å²) < 4.78 is 6.82. The zero-order chi connectivity index (χ0) is 24.8. The molecule has 10 heteroatoms. The van der Waals surface area contributed by atoms with E-state index in [-0.39, 0.29) is 29.8 Å². The maximum absolute atomic E-state index is 12.5. The summed E-state index contributed by atoms with van der Waals surface area (Å²) in [7, 11) is 0. The van der Waals surface area contributed by atoms with Crippen molar-refractivity contribution in [1.29, 1.82) is 0 Å². The van der Waals surface area contributed by atoms with Crippen molar-refractivity contribution in [2.24, 2.45) is 11.1 Å². The monoisotopic (exact) mass is 484 g/mol. The van der Waals surface area contributed by atoms with E-state index in [0.717, 1.165) is 18.5 Å². The number of nitrogens with zero attached hydrogens (tertiary/aromatic N) is 3. The Balaban J connectivity index is 1.47. The van der Waals surface area contributed by atoms with Gasteiger partial charge < -0.3 is 16.0 Å². The molecule has 0 aliphatic heterocycles. The summed E-state index contributed by atoms with van der Waals surface area (Å²) in [5.74, 6) is -0.0567. The van der Waals surface area contributed by atoms with Crippen molar-refractivity contribution in [3.05, 3.63) is 46.1 Å². The highest BCUT2D eigenvalue weighted by Gasteiger charge is 2.38. The molecule has 0 unspecified atom stereocenters. The zero-order valence-corrected chi connectivity index (χ0v) is 20.4. The van der Waals surface area contributed by atoms with Gasteiger partial charge in [0.15, 0.2) is 0 Å². The zero-order valence-electron chi connectivity index (χ0n) is 19.7. The van der Waals surface area contributed by atoms with Gasteiger partial charge in [-0.3, -0.25) is 14.9 Å². The molecule has 180 valence electrons. The minimum atomic E-state index is -0.684. The van der Waals surface area contributed by atoms with E-state index in [1.54, 1.807) is 24.3 Å². The van der Waals surface area contributed by atoms with Crippen molar-refractivity contribution in [3.63, 3.8) is 0 Å². The smallest absolute Gasteiger partial charge is 0.254 e. The van der Waals surface area contributed by atoms with Gasteiger partial charge in [0.25, 0.3) is 5.91 Å². The number of carbonyl (C=O) groups is 2. The van der Waals surface area contributed by atoms with Gasteiger partial charge in [0.2, 0.25) is 11.8 Å². The summed E-state index contributed by atoms with van der Waals surface area (Å²) in [6.07, 6.45) is 2.18. The third-order valence-electron chi connectivity index (χ3n) is 6.14.